The van der Waals surface area contributed by atoms with E-state index in [1.165, 1.54) is 17.7 Å². The third-order valence-electron chi connectivity index (χ3n) is 6.49. The predicted octanol–water partition coefficient (Wildman–Crippen LogP) is 7.29. The van der Waals surface area contributed by atoms with Crippen LogP contribution in [0.3, 0.4) is 0 Å². The Labute approximate surface area is 260 Å². The number of rotatable bonds is 9. The van der Waals surface area contributed by atoms with Crippen LogP contribution in [-0.4, -0.2) is 54.8 Å². The summed E-state index contributed by atoms with van der Waals surface area (Å²) in [5.41, 5.74) is 5.10. The second-order valence-corrected chi connectivity index (χ2v) is 10.9. The minimum absolute atomic E-state index is 0.0156. The molecule has 0 unspecified atom stereocenters. The molecule has 4 rings (SSSR count). The summed E-state index contributed by atoms with van der Waals surface area (Å²) in [5, 5.41) is 11.1. The fraction of sp³-hybridized carbons (Fsp3) is 0.290. The SMILES string of the molecule is CN(Cc1ccccc1Cl)C(=O)C1=C(c2ccc(CCCOc3cc(F)ccc3Br)cc2)CCNC1.O=C(O)C(F)(F)F. The van der Waals surface area contributed by atoms with Gasteiger partial charge in [0.25, 0.3) is 5.91 Å². The molecule has 0 saturated carbocycles. The molecule has 1 aliphatic heterocycles. The molecule has 0 aliphatic carbocycles. The summed E-state index contributed by atoms with van der Waals surface area (Å²) in [6, 6.07) is 20.4. The Balaban J connectivity index is 0.000000646. The second-order valence-electron chi connectivity index (χ2n) is 9.66. The smallest absolute Gasteiger partial charge is 0.490 e. The van der Waals surface area contributed by atoms with E-state index in [9.17, 15) is 22.4 Å². The summed E-state index contributed by atoms with van der Waals surface area (Å²) >= 11 is 9.68. The first-order valence-electron chi connectivity index (χ1n) is 13.3. The van der Waals surface area contributed by atoms with Crippen LogP contribution in [0.2, 0.25) is 5.02 Å². The Morgan fingerprint density at radius 2 is 1.77 bits per heavy atom. The molecule has 0 bridgehead atoms. The third kappa shape index (κ3) is 10.4. The molecule has 0 radical (unpaired) electrons. The largest absolute Gasteiger partial charge is 0.492 e. The van der Waals surface area contributed by atoms with Gasteiger partial charge in [-0.05, 0) is 82.2 Å². The second kappa shape index (κ2) is 15.9. The van der Waals surface area contributed by atoms with Crippen molar-refractivity contribution in [1.29, 1.82) is 0 Å². The van der Waals surface area contributed by atoms with Crippen LogP contribution in [0.1, 0.15) is 29.5 Å². The number of carboxylic acid groups (broad SMARTS) is 1. The Bertz CT molecular complexity index is 1450. The molecule has 3 aromatic rings. The summed E-state index contributed by atoms with van der Waals surface area (Å²) in [4.78, 5) is 24.0. The molecular weight excluding hydrogens is 656 g/mol. The first-order valence-corrected chi connectivity index (χ1v) is 14.4. The number of hydrogen-bond acceptors (Lipinski definition) is 4. The average molecular weight is 686 g/mol. The highest BCUT2D eigenvalue weighted by atomic mass is 79.9. The number of aryl methyl sites for hydroxylation is 1. The number of alkyl halides is 3. The number of halogens is 6. The number of amides is 1. The van der Waals surface area contributed by atoms with Crippen LogP contribution >= 0.6 is 27.5 Å². The lowest BCUT2D eigenvalue weighted by atomic mass is 9.92. The lowest BCUT2D eigenvalue weighted by Gasteiger charge is -2.26. The van der Waals surface area contributed by atoms with Gasteiger partial charge in [-0.1, -0.05) is 54.1 Å². The molecule has 43 heavy (non-hydrogen) atoms. The van der Waals surface area contributed by atoms with Crippen molar-refractivity contribution in [3.8, 4) is 5.75 Å². The Kier molecular flexibility index (Phi) is 12.6. The van der Waals surface area contributed by atoms with E-state index in [4.69, 9.17) is 26.2 Å². The first kappa shape index (κ1) is 34.1. The van der Waals surface area contributed by atoms with Crippen LogP contribution < -0.4 is 10.1 Å². The normalized spacial score (nSPS) is 13.2. The first-order chi connectivity index (χ1) is 20.4. The summed E-state index contributed by atoms with van der Waals surface area (Å²) in [6.45, 7) is 2.35. The van der Waals surface area contributed by atoms with Crippen molar-refractivity contribution in [1.82, 2.24) is 10.2 Å². The molecule has 0 aromatic heterocycles. The van der Waals surface area contributed by atoms with Gasteiger partial charge in [-0.2, -0.15) is 13.2 Å². The molecule has 0 saturated heterocycles. The number of ether oxygens (including phenoxy) is 1. The van der Waals surface area contributed by atoms with Gasteiger partial charge in [-0.3, -0.25) is 4.79 Å². The van der Waals surface area contributed by atoms with Crippen molar-refractivity contribution in [3.05, 3.63) is 104 Å². The topological polar surface area (TPSA) is 78.9 Å². The molecular formula is C31H30BrClF4N2O4. The van der Waals surface area contributed by atoms with Crippen LogP contribution in [0.4, 0.5) is 17.6 Å². The van der Waals surface area contributed by atoms with Crippen molar-refractivity contribution in [2.75, 3.05) is 26.7 Å². The quantitative estimate of drug-likeness (QED) is 0.183. The molecule has 6 nitrogen and oxygen atoms in total. The van der Waals surface area contributed by atoms with E-state index in [1.54, 1.807) is 11.0 Å². The molecule has 2 N–H and O–H groups in total. The molecule has 1 amide bonds. The minimum atomic E-state index is -5.08. The van der Waals surface area contributed by atoms with Crippen molar-refractivity contribution in [3.63, 3.8) is 0 Å². The van der Waals surface area contributed by atoms with E-state index in [2.05, 4.69) is 45.5 Å². The monoisotopic (exact) mass is 684 g/mol. The van der Waals surface area contributed by atoms with Crippen molar-refractivity contribution in [2.24, 2.45) is 0 Å². The number of carbonyl (C=O) groups is 2. The minimum Gasteiger partial charge on any atom is -0.492 e. The molecule has 0 atom stereocenters. The van der Waals surface area contributed by atoms with Crippen LogP contribution in [-0.2, 0) is 22.6 Å². The summed E-state index contributed by atoms with van der Waals surface area (Å²) in [6.07, 6.45) is -2.62. The summed E-state index contributed by atoms with van der Waals surface area (Å²) in [5.74, 6) is -2.54. The maximum atomic E-state index is 13.4. The number of likely N-dealkylation sites (N-methyl/N-ethyl adjacent to an activating group) is 1. The lowest BCUT2D eigenvalue weighted by molar-refractivity contribution is -0.192. The molecule has 12 heteroatoms. The van der Waals surface area contributed by atoms with Crippen molar-refractivity contribution >= 4 is 45.0 Å². The fourth-order valence-electron chi connectivity index (χ4n) is 4.31. The van der Waals surface area contributed by atoms with E-state index in [0.717, 1.165) is 52.6 Å². The zero-order valence-electron chi connectivity index (χ0n) is 23.2. The predicted molar refractivity (Wildman–Crippen MR) is 160 cm³/mol. The van der Waals surface area contributed by atoms with Crippen molar-refractivity contribution < 1.29 is 37.0 Å². The van der Waals surface area contributed by atoms with Gasteiger partial charge in [0.05, 0.1) is 11.1 Å². The average Bonchev–Trinajstić information content (AvgIpc) is 2.98. The maximum Gasteiger partial charge on any atom is 0.490 e. The lowest BCUT2D eigenvalue weighted by Crippen LogP contribution is -2.35. The zero-order chi connectivity index (χ0) is 31.6. The van der Waals surface area contributed by atoms with E-state index >= 15 is 0 Å². The van der Waals surface area contributed by atoms with Crippen LogP contribution in [0.25, 0.3) is 5.57 Å². The van der Waals surface area contributed by atoms with Crippen LogP contribution in [0.15, 0.2) is 76.8 Å². The number of carbonyl (C=O) groups excluding carboxylic acids is 1. The highest BCUT2D eigenvalue weighted by Crippen LogP contribution is 2.28. The maximum absolute atomic E-state index is 13.4. The Morgan fingerprint density at radius 3 is 2.42 bits per heavy atom. The number of aliphatic carboxylic acids is 1. The number of nitrogens with one attached hydrogen (secondary N) is 1. The molecule has 1 heterocycles. The molecule has 3 aromatic carbocycles. The molecule has 230 valence electrons. The standard InChI is InChI=1S/C29H29BrClFN2O2.C2HF3O2/c1-34(19-22-6-2-3-7-27(22)31)29(35)25-18-33-15-14-24(25)21-10-8-20(9-11-21)5-4-16-36-28-17-23(32)12-13-26(28)30;3-2(4,5)1(6)7/h2-3,6-13,17,33H,4-5,14-16,18-19H2,1H3;(H,6,7). The van der Waals surface area contributed by atoms with E-state index < -0.39 is 12.1 Å². The molecule has 1 aliphatic rings. The molecule has 0 spiro atoms. The third-order valence-corrected chi connectivity index (χ3v) is 7.52. The van der Waals surface area contributed by atoms with E-state index in [-0.39, 0.29) is 11.7 Å². The summed E-state index contributed by atoms with van der Waals surface area (Å²) in [7, 11) is 1.82. The number of hydrogen-bond donors (Lipinski definition) is 2. The van der Waals surface area contributed by atoms with E-state index in [0.29, 0.717) is 30.5 Å². The van der Waals surface area contributed by atoms with Gasteiger partial charge in [0.2, 0.25) is 0 Å². The van der Waals surface area contributed by atoms with Gasteiger partial charge in [0.1, 0.15) is 11.6 Å². The van der Waals surface area contributed by atoms with Gasteiger partial charge in [-0.25, -0.2) is 9.18 Å². The van der Waals surface area contributed by atoms with Crippen LogP contribution in [0, 0.1) is 5.82 Å². The number of nitrogens with zero attached hydrogens (tertiary/aromatic N) is 1. The highest BCUT2D eigenvalue weighted by Gasteiger charge is 2.38. The molecule has 0 fully saturated rings. The van der Waals surface area contributed by atoms with Crippen LogP contribution in [0.5, 0.6) is 5.75 Å². The highest BCUT2D eigenvalue weighted by molar-refractivity contribution is 9.10. The number of benzene rings is 3. The fourth-order valence-corrected chi connectivity index (χ4v) is 4.87. The Morgan fingerprint density at radius 1 is 1.09 bits per heavy atom. The van der Waals surface area contributed by atoms with Gasteiger partial charge < -0.3 is 20.1 Å². The van der Waals surface area contributed by atoms with Gasteiger partial charge in [0.15, 0.2) is 0 Å². The summed E-state index contributed by atoms with van der Waals surface area (Å²) < 4.78 is 51.6. The van der Waals surface area contributed by atoms with E-state index in [1.807, 2.05) is 31.3 Å². The van der Waals surface area contributed by atoms with Gasteiger partial charge >= 0.3 is 12.1 Å². The van der Waals surface area contributed by atoms with Crippen molar-refractivity contribution in [2.45, 2.75) is 32.0 Å². The van der Waals surface area contributed by atoms with Gasteiger partial charge in [-0.15, -0.1) is 0 Å². The Hall–Kier alpha value is -3.41. The zero-order valence-corrected chi connectivity index (χ0v) is 25.5. The van der Waals surface area contributed by atoms with Gasteiger partial charge in [0, 0.05) is 36.8 Å². The number of carboxylic acids is 1.